The topological polar surface area (TPSA) is 33.5 Å². The molecule has 0 spiro atoms. The van der Waals surface area contributed by atoms with Gasteiger partial charge in [-0.05, 0) is 42.5 Å². The molecule has 3 nitrogen and oxygen atoms in total. The Morgan fingerprint density at radius 1 is 1.29 bits per heavy atom. The molecule has 6 heteroatoms. The van der Waals surface area contributed by atoms with Crippen LogP contribution in [-0.2, 0) is 11.2 Å². The number of hydrogen-bond donors (Lipinski definition) is 2. The molecule has 126 valence electrons. The van der Waals surface area contributed by atoms with Crippen LogP contribution in [-0.4, -0.2) is 19.0 Å². The molecule has 0 radical (unpaired) electrons. The summed E-state index contributed by atoms with van der Waals surface area (Å²) in [6.07, 6.45) is 3.63. The number of carbonyl (C=O) groups excluding carboxylic acids is 1. The van der Waals surface area contributed by atoms with Crippen LogP contribution in [0.2, 0.25) is 10.0 Å². The highest BCUT2D eigenvalue weighted by Crippen LogP contribution is 2.42. The molecule has 4 rings (SSSR count). The van der Waals surface area contributed by atoms with Gasteiger partial charge >= 0.3 is 0 Å². The Balaban J connectivity index is 1.48. The standard InChI is InChI=1S/C18H18Cl2N2OS/c19-12-3-4-14(20)15(9-12)21-17(23)10-22-7-5-16-13(6-8-24-16)18(22)11-1-2-11/h3-4,6,8-9,11,18H,1-2,5,7,10H2,(H,21,23)/p+1/t18-/m0/s1. The van der Waals surface area contributed by atoms with E-state index in [0.717, 1.165) is 18.9 Å². The van der Waals surface area contributed by atoms with Crippen molar-refractivity contribution in [1.29, 1.82) is 0 Å². The lowest BCUT2D eigenvalue weighted by Crippen LogP contribution is -3.14. The lowest BCUT2D eigenvalue weighted by Gasteiger charge is -2.32. The van der Waals surface area contributed by atoms with Gasteiger partial charge in [0.05, 0.1) is 17.3 Å². The van der Waals surface area contributed by atoms with Crippen LogP contribution in [0.1, 0.15) is 29.3 Å². The minimum atomic E-state index is -0.00139. The summed E-state index contributed by atoms with van der Waals surface area (Å²) in [4.78, 5) is 15.4. The number of amides is 1. The van der Waals surface area contributed by atoms with Gasteiger partial charge < -0.3 is 10.2 Å². The molecule has 1 aromatic heterocycles. The third-order valence-electron chi connectivity index (χ3n) is 4.91. The molecule has 24 heavy (non-hydrogen) atoms. The van der Waals surface area contributed by atoms with Gasteiger partial charge in [0.1, 0.15) is 6.04 Å². The molecule has 2 atom stereocenters. The van der Waals surface area contributed by atoms with E-state index in [1.165, 1.54) is 28.2 Å². The van der Waals surface area contributed by atoms with Crippen molar-refractivity contribution in [3.8, 4) is 0 Å². The number of nitrogens with one attached hydrogen (secondary N) is 2. The summed E-state index contributed by atoms with van der Waals surface area (Å²) in [6.45, 7) is 1.49. The number of anilines is 1. The van der Waals surface area contributed by atoms with Gasteiger partial charge in [-0.1, -0.05) is 23.2 Å². The van der Waals surface area contributed by atoms with E-state index in [1.54, 1.807) is 18.2 Å². The maximum absolute atomic E-state index is 12.6. The van der Waals surface area contributed by atoms with Crippen LogP contribution in [0.15, 0.2) is 29.6 Å². The van der Waals surface area contributed by atoms with Crippen LogP contribution < -0.4 is 10.2 Å². The Labute approximate surface area is 155 Å². The minimum absolute atomic E-state index is 0.00139. The fourth-order valence-electron chi connectivity index (χ4n) is 3.69. The van der Waals surface area contributed by atoms with Crippen LogP contribution in [0, 0.1) is 5.92 Å². The first-order valence-corrected chi connectivity index (χ1v) is 9.91. The van der Waals surface area contributed by atoms with Gasteiger partial charge in [0.15, 0.2) is 6.54 Å². The maximum atomic E-state index is 12.6. The molecule has 2 aromatic rings. The normalized spacial score (nSPS) is 22.9. The summed E-state index contributed by atoms with van der Waals surface area (Å²) in [6, 6.07) is 7.85. The number of rotatable bonds is 4. The van der Waals surface area contributed by atoms with E-state index in [9.17, 15) is 4.79 Å². The molecule has 1 fully saturated rings. The number of hydrogen-bond acceptors (Lipinski definition) is 2. The fourth-order valence-corrected chi connectivity index (χ4v) is 4.96. The molecule has 1 amide bonds. The average Bonchev–Trinajstić information content (AvgIpc) is 3.27. The van der Waals surface area contributed by atoms with E-state index in [-0.39, 0.29) is 5.91 Å². The number of quaternary nitrogens is 1. The molecular formula is C18H19Cl2N2OS+. The van der Waals surface area contributed by atoms with Gasteiger partial charge in [-0.2, -0.15) is 0 Å². The third-order valence-corrected chi connectivity index (χ3v) is 6.47. The first kappa shape index (κ1) is 16.4. The minimum Gasteiger partial charge on any atom is -0.320 e. The zero-order chi connectivity index (χ0) is 16.7. The van der Waals surface area contributed by atoms with Gasteiger partial charge in [0.2, 0.25) is 0 Å². The van der Waals surface area contributed by atoms with Crippen LogP contribution >= 0.6 is 34.5 Å². The van der Waals surface area contributed by atoms with E-state index in [1.807, 2.05) is 11.3 Å². The van der Waals surface area contributed by atoms with Crippen molar-refractivity contribution in [2.75, 3.05) is 18.4 Å². The third kappa shape index (κ3) is 3.33. The molecule has 0 saturated heterocycles. The van der Waals surface area contributed by atoms with Crippen LogP contribution in [0.25, 0.3) is 0 Å². The predicted molar refractivity (Wildman–Crippen MR) is 99.3 cm³/mol. The number of fused-ring (bicyclic) bond motifs is 1. The average molecular weight is 382 g/mol. The van der Waals surface area contributed by atoms with Crippen molar-refractivity contribution in [3.05, 3.63) is 50.1 Å². The van der Waals surface area contributed by atoms with Crippen molar-refractivity contribution in [2.45, 2.75) is 25.3 Å². The first-order chi connectivity index (χ1) is 11.6. The molecule has 2 N–H and O–H groups in total. The largest absolute Gasteiger partial charge is 0.320 e. The molecule has 1 unspecified atom stereocenters. The van der Waals surface area contributed by atoms with Gasteiger partial charge in [-0.3, -0.25) is 4.79 Å². The number of thiophene rings is 1. The second-order valence-corrected chi connectivity index (χ2v) is 8.47. The van der Waals surface area contributed by atoms with Gasteiger partial charge in [0.25, 0.3) is 5.91 Å². The summed E-state index contributed by atoms with van der Waals surface area (Å²) < 4.78 is 0. The Kier molecular flexibility index (Phi) is 4.56. The van der Waals surface area contributed by atoms with E-state index in [2.05, 4.69) is 16.8 Å². The number of benzene rings is 1. The molecule has 1 aromatic carbocycles. The Morgan fingerprint density at radius 3 is 2.92 bits per heavy atom. The van der Waals surface area contributed by atoms with Crippen molar-refractivity contribution >= 4 is 46.1 Å². The molecule has 2 heterocycles. The summed E-state index contributed by atoms with van der Waals surface area (Å²) in [5, 5.41) is 6.19. The summed E-state index contributed by atoms with van der Waals surface area (Å²) in [5.41, 5.74) is 2.06. The summed E-state index contributed by atoms with van der Waals surface area (Å²) in [7, 11) is 0. The number of carbonyl (C=O) groups is 1. The zero-order valence-corrected chi connectivity index (χ0v) is 15.5. The van der Waals surface area contributed by atoms with Crippen molar-refractivity contribution in [2.24, 2.45) is 5.92 Å². The van der Waals surface area contributed by atoms with Crippen molar-refractivity contribution in [3.63, 3.8) is 0 Å². The van der Waals surface area contributed by atoms with Crippen molar-refractivity contribution < 1.29 is 9.69 Å². The summed E-state index contributed by atoms with van der Waals surface area (Å²) in [5.74, 6) is 0.731. The van der Waals surface area contributed by atoms with Gasteiger partial charge in [-0.15, -0.1) is 11.3 Å². The smallest absolute Gasteiger partial charge is 0.279 e. The highest BCUT2D eigenvalue weighted by molar-refractivity contribution is 7.10. The Bertz CT molecular complexity index is 772. The maximum Gasteiger partial charge on any atom is 0.279 e. The first-order valence-electron chi connectivity index (χ1n) is 8.27. The Morgan fingerprint density at radius 2 is 2.12 bits per heavy atom. The summed E-state index contributed by atoms with van der Waals surface area (Å²) >= 11 is 14.0. The zero-order valence-electron chi connectivity index (χ0n) is 13.1. The molecule has 1 aliphatic heterocycles. The van der Waals surface area contributed by atoms with Crippen LogP contribution in [0.3, 0.4) is 0 Å². The molecule has 1 aliphatic carbocycles. The fraction of sp³-hybridized carbons (Fsp3) is 0.389. The van der Waals surface area contributed by atoms with Gasteiger partial charge in [-0.25, -0.2) is 0 Å². The van der Waals surface area contributed by atoms with E-state index in [4.69, 9.17) is 23.2 Å². The van der Waals surface area contributed by atoms with Crippen molar-refractivity contribution in [1.82, 2.24) is 0 Å². The lowest BCUT2D eigenvalue weighted by atomic mass is 9.96. The highest BCUT2D eigenvalue weighted by Gasteiger charge is 2.43. The van der Waals surface area contributed by atoms with Crippen LogP contribution in [0.4, 0.5) is 5.69 Å². The molecule has 2 aliphatic rings. The molecule has 1 saturated carbocycles. The van der Waals surface area contributed by atoms with E-state index < -0.39 is 0 Å². The number of halogens is 2. The quantitative estimate of drug-likeness (QED) is 0.833. The Hall–Kier alpha value is -1.07. The van der Waals surface area contributed by atoms with E-state index in [0.29, 0.717) is 28.3 Å². The lowest BCUT2D eigenvalue weighted by molar-refractivity contribution is -0.928. The predicted octanol–water partition coefficient (Wildman–Crippen LogP) is 3.59. The molecular weight excluding hydrogens is 363 g/mol. The second kappa shape index (κ2) is 6.68. The van der Waals surface area contributed by atoms with E-state index >= 15 is 0 Å². The van der Waals surface area contributed by atoms with Crippen LogP contribution in [0.5, 0.6) is 0 Å². The highest BCUT2D eigenvalue weighted by atomic mass is 35.5. The monoisotopic (exact) mass is 381 g/mol. The SMILES string of the molecule is O=C(C[NH+]1CCc2sccc2[C@@H]1C1CC1)Nc1cc(Cl)ccc1Cl. The second-order valence-electron chi connectivity index (χ2n) is 6.62. The van der Waals surface area contributed by atoms with Gasteiger partial charge in [0, 0.05) is 27.8 Å². The molecule has 0 bridgehead atoms.